The molecule has 0 amide bonds. The third-order valence-electron chi connectivity index (χ3n) is 3.45. The van der Waals surface area contributed by atoms with Crippen LogP contribution in [-0.4, -0.2) is 12.1 Å². The Morgan fingerprint density at radius 3 is 2.70 bits per heavy atom. The molecule has 1 heterocycles. The van der Waals surface area contributed by atoms with Crippen LogP contribution >= 0.6 is 11.6 Å². The quantitative estimate of drug-likeness (QED) is 0.716. The van der Waals surface area contributed by atoms with E-state index in [-0.39, 0.29) is 0 Å². The van der Waals surface area contributed by atoms with E-state index >= 15 is 0 Å². The maximum Gasteiger partial charge on any atom is 0.179 e. The van der Waals surface area contributed by atoms with Crippen LogP contribution in [0, 0.1) is 11.3 Å². The van der Waals surface area contributed by atoms with Crippen molar-refractivity contribution in [2.24, 2.45) is 0 Å². The van der Waals surface area contributed by atoms with Crippen LogP contribution in [0.3, 0.4) is 0 Å². The van der Waals surface area contributed by atoms with E-state index in [1.165, 1.54) is 7.11 Å². The molecular weight excluding hydrogens is 312 g/mol. The van der Waals surface area contributed by atoms with Crippen LogP contribution in [0.25, 0.3) is 10.9 Å². The molecule has 0 saturated carbocycles. The van der Waals surface area contributed by atoms with Gasteiger partial charge in [-0.3, -0.25) is 4.98 Å². The molecule has 0 N–H and O–H groups in total. The smallest absolute Gasteiger partial charge is 0.179 e. The highest BCUT2D eigenvalue weighted by atomic mass is 35.5. The fourth-order valence-electron chi connectivity index (χ4n) is 2.39. The average Bonchev–Trinajstić information content (AvgIpc) is 2.59. The Labute approximate surface area is 138 Å². The first-order valence-electron chi connectivity index (χ1n) is 6.96. The van der Waals surface area contributed by atoms with Gasteiger partial charge in [-0.05, 0) is 11.6 Å². The Hall–Kier alpha value is -2.77. The van der Waals surface area contributed by atoms with Crippen molar-refractivity contribution >= 4 is 22.5 Å². The molecule has 0 unspecified atom stereocenters. The van der Waals surface area contributed by atoms with Crippen LogP contribution in [0.5, 0.6) is 11.5 Å². The third kappa shape index (κ3) is 2.92. The van der Waals surface area contributed by atoms with Crippen molar-refractivity contribution in [2.45, 2.75) is 6.61 Å². The van der Waals surface area contributed by atoms with Crippen LogP contribution in [0.2, 0.25) is 5.02 Å². The summed E-state index contributed by atoms with van der Waals surface area (Å²) < 4.78 is 11.2. The first-order valence-corrected chi connectivity index (χ1v) is 7.34. The Bertz CT molecular complexity index is 889. The van der Waals surface area contributed by atoms with E-state index < -0.39 is 0 Å². The minimum Gasteiger partial charge on any atom is -0.492 e. The number of ether oxygens (including phenoxy) is 2. The first-order chi connectivity index (χ1) is 11.2. The topological polar surface area (TPSA) is 55.1 Å². The number of nitrogens with zero attached hydrogens (tertiary/aromatic N) is 2. The molecule has 1 aromatic heterocycles. The molecule has 114 valence electrons. The summed E-state index contributed by atoms with van der Waals surface area (Å²) in [7, 11) is 1.50. The van der Waals surface area contributed by atoms with Crippen LogP contribution in [-0.2, 0) is 6.61 Å². The zero-order valence-electron chi connectivity index (χ0n) is 12.4. The van der Waals surface area contributed by atoms with Crippen molar-refractivity contribution in [1.29, 1.82) is 5.26 Å². The molecule has 4 nitrogen and oxygen atoms in total. The monoisotopic (exact) mass is 324 g/mol. The van der Waals surface area contributed by atoms with Crippen LogP contribution in [0.1, 0.15) is 11.1 Å². The average molecular weight is 325 g/mol. The maximum absolute atomic E-state index is 9.51. The lowest BCUT2D eigenvalue weighted by Crippen LogP contribution is -2.00. The molecular formula is C18H13ClN2O2. The summed E-state index contributed by atoms with van der Waals surface area (Å²) in [6.45, 7) is 0.369. The van der Waals surface area contributed by atoms with E-state index in [1.807, 2.05) is 30.3 Å². The Balaban J connectivity index is 2.08. The lowest BCUT2D eigenvalue weighted by atomic mass is 10.1. The first kappa shape index (κ1) is 15.1. The van der Waals surface area contributed by atoms with E-state index in [0.29, 0.717) is 39.6 Å². The van der Waals surface area contributed by atoms with Crippen molar-refractivity contribution < 1.29 is 9.47 Å². The van der Waals surface area contributed by atoms with Gasteiger partial charge in [0.2, 0.25) is 0 Å². The largest absolute Gasteiger partial charge is 0.492 e. The molecule has 23 heavy (non-hydrogen) atoms. The van der Waals surface area contributed by atoms with Gasteiger partial charge in [0.1, 0.15) is 18.2 Å². The number of aromatic nitrogens is 1. The highest BCUT2D eigenvalue weighted by Crippen LogP contribution is 2.39. The molecule has 0 aliphatic heterocycles. The van der Waals surface area contributed by atoms with Gasteiger partial charge in [-0.1, -0.05) is 41.9 Å². The van der Waals surface area contributed by atoms with Crippen LogP contribution in [0.15, 0.2) is 48.7 Å². The Kier molecular flexibility index (Phi) is 4.31. The summed E-state index contributed by atoms with van der Waals surface area (Å²) in [6.07, 6.45) is 1.60. The minimum absolute atomic E-state index is 0.325. The number of benzene rings is 2. The summed E-state index contributed by atoms with van der Waals surface area (Å²) in [6, 6.07) is 15.3. The van der Waals surface area contributed by atoms with Gasteiger partial charge in [0.05, 0.1) is 17.6 Å². The number of hydrogen-bond acceptors (Lipinski definition) is 4. The second kappa shape index (κ2) is 6.55. The lowest BCUT2D eigenvalue weighted by molar-refractivity contribution is 0.285. The van der Waals surface area contributed by atoms with E-state index in [4.69, 9.17) is 21.1 Å². The Morgan fingerprint density at radius 2 is 2.00 bits per heavy atom. The lowest BCUT2D eigenvalue weighted by Gasteiger charge is -2.14. The highest BCUT2D eigenvalue weighted by molar-refractivity contribution is 6.35. The number of methoxy groups -OCH3 is 1. The van der Waals surface area contributed by atoms with E-state index in [0.717, 1.165) is 5.56 Å². The molecule has 3 aromatic rings. The van der Waals surface area contributed by atoms with E-state index in [1.54, 1.807) is 18.3 Å². The summed E-state index contributed by atoms with van der Waals surface area (Å²) in [5.41, 5.74) is 1.94. The summed E-state index contributed by atoms with van der Waals surface area (Å²) >= 11 is 6.21. The van der Waals surface area contributed by atoms with Gasteiger partial charge in [-0.2, -0.15) is 5.26 Å². The number of fused-ring (bicyclic) bond motifs is 1. The molecule has 2 aromatic carbocycles. The number of nitriles is 1. The van der Waals surface area contributed by atoms with Crippen molar-refractivity contribution in [1.82, 2.24) is 4.98 Å². The molecule has 0 atom stereocenters. The van der Waals surface area contributed by atoms with Gasteiger partial charge in [-0.25, -0.2) is 0 Å². The van der Waals surface area contributed by atoms with Crippen molar-refractivity contribution in [3.05, 3.63) is 64.8 Å². The zero-order valence-corrected chi connectivity index (χ0v) is 13.2. The van der Waals surface area contributed by atoms with Crippen molar-refractivity contribution in [3.63, 3.8) is 0 Å². The predicted molar refractivity (Wildman–Crippen MR) is 88.8 cm³/mol. The van der Waals surface area contributed by atoms with Gasteiger partial charge < -0.3 is 9.47 Å². The van der Waals surface area contributed by atoms with Crippen LogP contribution < -0.4 is 9.47 Å². The van der Waals surface area contributed by atoms with E-state index in [2.05, 4.69) is 11.1 Å². The van der Waals surface area contributed by atoms with Gasteiger partial charge in [0, 0.05) is 17.6 Å². The molecule has 0 fully saturated rings. The van der Waals surface area contributed by atoms with Gasteiger partial charge in [-0.15, -0.1) is 0 Å². The molecule has 3 rings (SSSR count). The SMILES string of the molecule is COc1c(OCc2ccccc2)cc2nccc(Cl)c2c1C#N. The van der Waals surface area contributed by atoms with Gasteiger partial charge in [0.15, 0.2) is 11.5 Å². The maximum atomic E-state index is 9.51. The standard InChI is InChI=1S/C18H13ClN2O2/c1-22-18-13(10-20)17-14(19)7-8-21-15(17)9-16(18)23-11-12-5-3-2-4-6-12/h2-9H,11H2,1H3. The fraction of sp³-hybridized carbons (Fsp3) is 0.111. The molecule has 0 aliphatic rings. The van der Waals surface area contributed by atoms with Crippen LogP contribution in [0.4, 0.5) is 0 Å². The molecule has 0 bridgehead atoms. The molecule has 0 saturated heterocycles. The molecule has 0 radical (unpaired) electrons. The number of hydrogen-bond donors (Lipinski definition) is 0. The molecule has 5 heteroatoms. The van der Waals surface area contributed by atoms with Gasteiger partial charge in [0.25, 0.3) is 0 Å². The fourth-order valence-corrected chi connectivity index (χ4v) is 2.64. The third-order valence-corrected chi connectivity index (χ3v) is 3.77. The second-order valence-corrected chi connectivity index (χ2v) is 5.26. The Morgan fingerprint density at radius 1 is 1.22 bits per heavy atom. The van der Waals surface area contributed by atoms with Gasteiger partial charge >= 0.3 is 0 Å². The number of halogens is 1. The number of pyridine rings is 1. The normalized spacial score (nSPS) is 10.3. The highest BCUT2D eigenvalue weighted by Gasteiger charge is 2.18. The molecule has 0 aliphatic carbocycles. The summed E-state index contributed by atoms with van der Waals surface area (Å²) in [4.78, 5) is 4.27. The van der Waals surface area contributed by atoms with Crippen molar-refractivity contribution in [3.8, 4) is 17.6 Å². The van der Waals surface area contributed by atoms with Crippen molar-refractivity contribution in [2.75, 3.05) is 7.11 Å². The summed E-state index contributed by atoms with van der Waals surface area (Å²) in [5, 5.41) is 10.5. The second-order valence-electron chi connectivity index (χ2n) is 4.86. The zero-order chi connectivity index (χ0) is 16.2. The molecule has 0 spiro atoms. The summed E-state index contributed by atoms with van der Waals surface area (Å²) in [5.74, 6) is 0.834. The van der Waals surface area contributed by atoms with E-state index in [9.17, 15) is 5.26 Å². The minimum atomic E-state index is 0.325. The predicted octanol–water partition coefficient (Wildman–Crippen LogP) is 4.35. The number of rotatable bonds is 4.